The van der Waals surface area contributed by atoms with Gasteiger partial charge in [-0.1, -0.05) is 29.8 Å². The Hall–Kier alpha value is -2.87. The second kappa shape index (κ2) is 7.80. The highest BCUT2D eigenvalue weighted by molar-refractivity contribution is 7.90. The van der Waals surface area contributed by atoms with Crippen LogP contribution in [0.15, 0.2) is 53.4 Å². The number of benzene rings is 2. The van der Waals surface area contributed by atoms with Crippen LogP contribution in [0.25, 0.3) is 0 Å². The number of hydrogen-bond donors (Lipinski definition) is 3. The van der Waals surface area contributed by atoms with E-state index >= 15 is 0 Å². The molecule has 2 rings (SSSR count). The van der Waals surface area contributed by atoms with Crippen molar-refractivity contribution in [2.24, 2.45) is 0 Å². The first-order valence-electron chi connectivity index (χ1n) is 7.47. The maximum absolute atomic E-state index is 12.0. The van der Waals surface area contributed by atoms with Crippen molar-refractivity contribution in [1.82, 2.24) is 10.0 Å². The van der Waals surface area contributed by atoms with Gasteiger partial charge in [0, 0.05) is 12.1 Å². The Balaban J connectivity index is 1.92. The third kappa shape index (κ3) is 5.32. The summed E-state index contributed by atoms with van der Waals surface area (Å²) in [5, 5.41) is 11.3. The lowest BCUT2D eigenvalue weighted by atomic mass is 10.1. The lowest BCUT2D eigenvalue weighted by Gasteiger charge is -2.07. The molecule has 0 saturated heterocycles. The molecule has 0 unspecified atom stereocenters. The van der Waals surface area contributed by atoms with Gasteiger partial charge >= 0.3 is 6.09 Å². The summed E-state index contributed by atoms with van der Waals surface area (Å²) in [6.45, 7) is 2.30. The summed E-state index contributed by atoms with van der Waals surface area (Å²) < 4.78 is 24.9. The van der Waals surface area contributed by atoms with Gasteiger partial charge in [-0.3, -0.25) is 4.79 Å². The third-order valence-corrected chi connectivity index (χ3v) is 4.77. The lowest BCUT2D eigenvalue weighted by molar-refractivity contribution is 0.0954. The van der Waals surface area contributed by atoms with Crippen LogP contribution in [0.5, 0.6) is 0 Å². The van der Waals surface area contributed by atoms with Crippen molar-refractivity contribution in [3.63, 3.8) is 0 Å². The first-order valence-corrected chi connectivity index (χ1v) is 8.96. The highest BCUT2D eigenvalue weighted by Crippen LogP contribution is 2.11. The van der Waals surface area contributed by atoms with Gasteiger partial charge in [-0.25, -0.2) is 17.9 Å². The molecule has 0 saturated carbocycles. The van der Waals surface area contributed by atoms with E-state index in [9.17, 15) is 18.0 Å². The molecule has 0 aliphatic rings. The van der Waals surface area contributed by atoms with E-state index < -0.39 is 16.1 Å². The molecule has 0 heterocycles. The first-order chi connectivity index (χ1) is 11.8. The fourth-order valence-electron chi connectivity index (χ4n) is 2.22. The zero-order valence-corrected chi connectivity index (χ0v) is 14.3. The molecule has 132 valence electrons. The number of carboxylic acid groups (broad SMARTS) is 1. The predicted octanol–water partition coefficient (Wildman–Crippen LogP) is 1.92. The van der Waals surface area contributed by atoms with Crippen molar-refractivity contribution in [1.29, 1.82) is 0 Å². The number of carbonyl (C=O) groups excluding carboxylic acids is 1. The van der Waals surface area contributed by atoms with E-state index in [4.69, 9.17) is 5.11 Å². The molecule has 0 radical (unpaired) electrons. The van der Waals surface area contributed by atoms with Gasteiger partial charge in [0.2, 0.25) is 0 Å². The van der Waals surface area contributed by atoms with Crippen LogP contribution < -0.4 is 10.0 Å². The van der Waals surface area contributed by atoms with Gasteiger partial charge in [0.05, 0.1) is 4.90 Å². The first kappa shape index (κ1) is 18.5. The minimum absolute atomic E-state index is 0.137. The molecule has 0 atom stereocenters. The minimum Gasteiger partial charge on any atom is -0.464 e. The number of rotatable bonds is 6. The fourth-order valence-corrected chi connectivity index (χ4v) is 3.06. The van der Waals surface area contributed by atoms with E-state index in [1.807, 2.05) is 19.1 Å². The molecular formula is C17H18N2O5S. The number of amides is 2. The molecule has 0 bridgehead atoms. The van der Waals surface area contributed by atoms with Gasteiger partial charge in [0.1, 0.15) is 0 Å². The maximum Gasteiger partial charge on any atom is 0.418 e. The van der Waals surface area contributed by atoms with Gasteiger partial charge in [-0.15, -0.1) is 0 Å². The van der Waals surface area contributed by atoms with E-state index in [-0.39, 0.29) is 10.8 Å². The summed E-state index contributed by atoms with van der Waals surface area (Å²) in [5.41, 5.74) is 2.40. The molecule has 25 heavy (non-hydrogen) atoms. The highest BCUT2D eigenvalue weighted by Gasteiger charge is 2.16. The van der Waals surface area contributed by atoms with E-state index in [2.05, 4.69) is 5.32 Å². The number of hydrogen-bond acceptors (Lipinski definition) is 4. The molecule has 0 aliphatic heterocycles. The molecule has 2 aromatic rings. The Kier molecular flexibility index (Phi) is 5.76. The predicted molar refractivity (Wildman–Crippen MR) is 92.0 cm³/mol. The van der Waals surface area contributed by atoms with Crippen LogP contribution in [0, 0.1) is 6.92 Å². The van der Waals surface area contributed by atoms with Gasteiger partial charge in [-0.05, 0) is 43.2 Å². The van der Waals surface area contributed by atoms with E-state index in [0.717, 1.165) is 11.1 Å². The molecule has 2 amide bonds. The second-order valence-corrected chi connectivity index (χ2v) is 7.11. The van der Waals surface area contributed by atoms with Gasteiger partial charge in [0.15, 0.2) is 0 Å². The van der Waals surface area contributed by atoms with Crippen molar-refractivity contribution in [2.45, 2.75) is 18.2 Å². The number of nitrogens with one attached hydrogen (secondary N) is 2. The van der Waals surface area contributed by atoms with Crippen molar-refractivity contribution < 1.29 is 23.1 Å². The third-order valence-electron chi connectivity index (χ3n) is 3.43. The van der Waals surface area contributed by atoms with E-state index in [1.54, 1.807) is 24.3 Å². The van der Waals surface area contributed by atoms with E-state index in [0.29, 0.717) is 18.5 Å². The molecule has 8 heteroatoms. The van der Waals surface area contributed by atoms with Gasteiger partial charge < -0.3 is 10.4 Å². The zero-order chi connectivity index (χ0) is 18.4. The Morgan fingerprint density at radius 2 is 1.76 bits per heavy atom. The Morgan fingerprint density at radius 3 is 2.36 bits per heavy atom. The number of carbonyl (C=O) groups is 2. The molecule has 0 spiro atoms. The van der Waals surface area contributed by atoms with Crippen LogP contribution in [0.3, 0.4) is 0 Å². The van der Waals surface area contributed by atoms with Crippen LogP contribution in [0.2, 0.25) is 0 Å². The van der Waals surface area contributed by atoms with Gasteiger partial charge in [-0.2, -0.15) is 0 Å². The summed E-state index contributed by atoms with van der Waals surface area (Å²) in [6, 6.07) is 13.1. The van der Waals surface area contributed by atoms with E-state index in [1.165, 1.54) is 16.9 Å². The maximum atomic E-state index is 12.0. The van der Waals surface area contributed by atoms with Crippen molar-refractivity contribution in [2.75, 3.05) is 6.54 Å². The molecule has 0 fully saturated rings. The topological polar surface area (TPSA) is 113 Å². The molecule has 0 aliphatic carbocycles. The van der Waals surface area contributed by atoms with Crippen LogP contribution in [0.1, 0.15) is 21.5 Å². The Morgan fingerprint density at radius 1 is 1.08 bits per heavy atom. The summed E-state index contributed by atoms with van der Waals surface area (Å²) in [6.07, 6.45) is -1.12. The molecule has 2 aromatic carbocycles. The smallest absolute Gasteiger partial charge is 0.418 e. The van der Waals surface area contributed by atoms with Crippen LogP contribution in [-0.4, -0.2) is 32.1 Å². The summed E-state index contributed by atoms with van der Waals surface area (Å²) in [5.74, 6) is -0.173. The normalized spacial score (nSPS) is 10.9. The molecule has 3 N–H and O–H groups in total. The monoisotopic (exact) mass is 362 g/mol. The summed E-state index contributed by atoms with van der Waals surface area (Å²) in [7, 11) is -4.07. The largest absolute Gasteiger partial charge is 0.464 e. The molecule has 0 aromatic heterocycles. The summed E-state index contributed by atoms with van der Waals surface area (Å²) in [4.78, 5) is 22.4. The number of sulfonamides is 1. The van der Waals surface area contributed by atoms with Crippen LogP contribution in [-0.2, 0) is 16.4 Å². The summed E-state index contributed by atoms with van der Waals surface area (Å²) >= 11 is 0. The molecule has 7 nitrogen and oxygen atoms in total. The van der Waals surface area contributed by atoms with Crippen LogP contribution in [0.4, 0.5) is 4.79 Å². The Bertz CT molecular complexity index is 876. The average Bonchev–Trinajstić information content (AvgIpc) is 2.54. The zero-order valence-electron chi connectivity index (χ0n) is 13.5. The van der Waals surface area contributed by atoms with Crippen molar-refractivity contribution >= 4 is 22.0 Å². The van der Waals surface area contributed by atoms with Crippen molar-refractivity contribution in [3.8, 4) is 0 Å². The minimum atomic E-state index is -4.07. The number of aryl methyl sites for hydroxylation is 1. The van der Waals surface area contributed by atoms with Gasteiger partial charge in [0.25, 0.3) is 15.9 Å². The van der Waals surface area contributed by atoms with Crippen LogP contribution >= 0.6 is 0 Å². The SMILES string of the molecule is Cc1cccc(C(=O)NCCc2ccc(S(=O)(=O)NC(=O)O)cc2)c1. The fraction of sp³-hybridized carbons (Fsp3) is 0.176. The quantitative estimate of drug-likeness (QED) is 0.727. The lowest BCUT2D eigenvalue weighted by Crippen LogP contribution is -2.28. The highest BCUT2D eigenvalue weighted by atomic mass is 32.2. The molecular weight excluding hydrogens is 344 g/mol. The standard InChI is InChI=1S/C17H18N2O5S/c1-12-3-2-4-14(11-12)16(20)18-10-9-13-5-7-15(8-6-13)25(23,24)19-17(21)22/h2-8,11,19H,9-10H2,1H3,(H,18,20)(H,21,22). The van der Waals surface area contributed by atoms with Crippen molar-refractivity contribution in [3.05, 3.63) is 65.2 Å². The Labute approximate surface area is 145 Å². The average molecular weight is 362 g/mol. The second-order valence-electron chi connectivity index (χ2n) is 5.43.